The van der Waals surface area contributed by atoms with Crippen LogP contribution in [0.15, 0.2) is 0 Å². The highest BCUT2D eigenvalue weighted by Crippen LogP contribution is 2.72. The Morgan fingerprint density at radius 3 is 2.31 bits per heavy atom. The highest BCUT2D eigenvalue weighted by Gasteiger charge is 2.71. The molecule has 1 N–H and O–H groups in total. The van der Waals surface area contributed by atoms with Gasteiger partial charge in [-0.1, -0.05) is 20.3 Å². The molecule has 2 nitrogen and oxygen atoms in total. The minimum atomic E-state index is -0.248. The predicted octanol–water partition coefficient (Wildman–Crippen LogP) is 5.04. The van der Waals surface area contributed by atoms with Crippen LogP contribution in [0.5, 0.6) is 0 Å². The third-order valence-corrected chi connectivity index (χ3v) is 11.1. The highest BCUT2D eigenvalue weighted by atomic mass is 16.6. The lowest BCUT2D eigenvalue weighted by molar-refractivity contribution is -0.0856. The van der Waals surface area contributed by atoms with Crippen LogP contribution < -0.4 is 0 Å². The van der Waals surface area contributed by atoms with Crippen molar-refractivity contribution >= 4 is 0 Å². The zero-order valence-electron chi connectivity index (χ0n) is 17.0. The van der Waals surface area contributed by atoms with Gasteiger partial charge in [-0.2, -0.15) is 0 Å². The molecule has 3 unspecified atom stereocenters. The summed E-state index contributed by atoms with van der Waals surface area (Å²) in [6, 6.07) is 0. The van der Waals surface area contributed by atoms with Crippen molar-refractivity contribution in [1.82, 2.24) is 0 Å². The van der Waals surface area contributed by atoms with Crippen LogP contribution in [0.25, 0.3) is 0 Å². The predicted molar refractivity (Wildman–Crippen MR) is 103 cm³/mol. The Balaban J connectivity index is 1.25. The van der Waals surface area contributed by atoms with E-state index in [2.05, 4.69) is 20.8 Å². The summed E-state index contributed by atoms with van der Waals surface area (Å²) in [6.07, 6.45) is 12.3. The van der Waals surface area contributed by atoms with Crippen molar-refractivity contribution < 1.29 is 9.84 Å². The fourth-order valence-corrected chi connectivity index (χ4v) is 9.93. The van der Waals surface area contributed by atoms with Crippen molar-refractivity contribution in [2.45, 2.75) is 89.8 Å². The quantitative estimate of drug-likeness (QED) is 0.701. The summed E-state index contributed by atoms with van der Waals surface area (Å²) in [5.41, 5.74) is 0.514. The van der Waals surface area contributed by atoms with E-state index in [0.29, 0.717) is 17.3 Å². The first-order valence-electron chi connectivity index (χ1n) is 11.8. The average Bonchev–Trinajstić information content (AvgIpc) is 3.46. The van der Waals surface area contributed by atoms with Crippen molar-refractivity contribution in [3.63, 3.8) is 0 Å². The van der Waals surface area contributed by atoms with Crippen molar-refractivity contribution in [3.8, 4) is 0 Å². The summed E-state index contributed by atoms with van der Waals surface area (Å²) in [4.78, 5) is 0. The Morgan fingerprint density at radius 2 is 1.58 bits per heavy atom. The van der Waals surface area contributed by atoms with Crippen LogP contribution in [0.4, 0.5) is 0 Å². The lowest BCUT2D eigenvalue weighted by Crippen LogP contribution is -2.50. The number of ether oxygens (including phenoxy) is 1. The molecule has 5 aliphatic carbocycles. The molecule has 5 saturated carbocycles. The number of fused-ring (bicyclic) bond motifs is 7. The van der Waals surface area contributed by atoms with Crippen molar-refractivity contribution in [1.29, 1.82) is 0 Å². The van der Waals surface area contributed by atoms with Gasteiger partial charge in [-0.25, -0.2) is 0 Å². The smallest absolute Gasteiger partial charge is 0.0921 e. The van der Waals surface area contributed by atoms with E-state index in [4.69, 9.17) is 4.74 Å². The Hall–Kier alpha value is -0.0800. The third-order valence-electron chi connectivity index (χ3n) is 11.1. The molecule has 6 rings (SSSR count). The number of hydrogen-bond acceptors (Lipinski definition) is 2. The minimum absolute atomic E-state index is 0.219. The molecule has 0 aromatic rings. The van der Waals surface area contributed by atoms with Gasteiger partial charge in [-0.15, -0.1) is 0 Å². The zero-order valence-corrected chi connectivity index (χ0v) is 17.0. The first kappa shape index (κ1) is 16.8. The van der Waals surface area contributed by atoms with Gasteiger partial charge >= 0.3 is 0 Å². The molecule has 11 atom stereocenters. The van der Waals surface area contributed by atoms with Crippen LogP contribution in [0.3, 0.4) is 0 Å². The van der Waals surface area contributed by atoms with E-state index in [9.17, 15) is 5.11 Å². The molecule has 0 bridgehead atoms. The molecule has 0 aromatic carbocycles. The SMILES string of the molecule is CCC1C2[C@H]3CC[C@@H]4[C@H](CC[C@]5(C)[C@@H](C6(C)CO6)CC[C@@H]45)[C@H]3CC[C@]12O. The van der Waals surface area contributed by atoms with Crippen LogP contribution >= 0.6 is 0 Å². The van der Waals surface area contributed by atoms with Crippen LogP contribution in [0.2, 0.25) is 0 Å². The van der Waals surface area contributed by atoms with Crippen LogP contribution in [0.1, 0.15) is 78.6 Å². The molecule has 0 radical (unpaired) electrons. The van der Waals surface area contributed by atoms with Crippen LogP contribution in [-0.4, -0.2) is 22.9 Å². The van der Waals surface area contributed by atoms with Crippen molar-refractivity contribution in [2.75, 3.05) is 6.61 Å². The van der Waals surface area contributed by atoms with Gasteiger partial charge in [0, 0.05) is 0 Å². The van der Waals surface area contributed by atoms with E-state index in [1.54, 1.807) is 0 Å². The summed E-state index contributed by atoms with van der Waals surface area (Å²) in [7, 11) is 0. The molecular weight excluding hydrogens is 320 g/mol. The van der Waals surface area contributed by atoms with Crippen molar-refractivity contribution in [2.24, 2.45) is 52.8 Å². The lowest BCUT2D eigenvalue weighted by Gasteiger charge is -2.56. The second kappa shape index (κ2) is 5.09. The normalized spacial score (nSPS) is 65.5. The summed E-state index contributed by atoms with van der Waals surface area (Å²) >= 11 is 0. The maximum Gasteiger partial charge on any atom is 0.0921 e. The Morgan fingerprint density at radius 1 is 0.885 bits per heavy atom. The van der Waals surface area contributed by atoms with Gasteiger partial charge < -0.3 is 9.84 Å². The molecule has 26 heavy (non-hydrogen) atoms. The molecule has 6 aliphatic rings. The number of rotatable bonds is 2. The largest absolute Gasteiger partial charge is 0.389 e. The van der Waals surface area contributed by atoms with E-state index < -0.39 is 0 Å². The monoisotopic (exact) mass is 358 g/mol. The van der Waals surface area contributed by atoms with Gasteiger partial charge in [0.15, 0.2) is 0 Å². The zero-order chi connectivity index (χ0) is 17.9. The van der Waals surface area contributed by atoms with E-state index in [1.807, 2.05) is 0 Å². The molecular formula is C24H38O2. The Labute approximate surface area is 159 Å². The molecule has 0 spiro atoms. The third kappa shape index (κ3) is 1.92. The molecule has 1 heterocycles. The maximum absolute atomic E-state index is 11.1. The second-order valence-electron chi connectivity index (χ2n) is 11.7. The van der Waals surface area contributed by atoms with Gasteiger partial charge in [0.05, 0.1) is 17.8 Å². The molecule has 1 saturated heterocycles. The van der Waals surface area contributed by atoms with Gasteiger partial charge in [-0.05, 0) is 111 Å². The standard InChI is InChI=1S/C24H38O2/c1-4-18-21-17-6-5-16-14(15(17)10-12-24(18,21)25)9-11-22(2)19(16)7-8-20(22)23(3)13-26-23/h14-21,25H,4-13H2,1-3H3/t14-,15-,16-,17+,18?,19+,20+,21?,22+,23?,24+/m1/s1. The fraction of sp³-hybridized carbons (Fsp3) is 1.00. The van der Waals surface area contributed by atoms with E-state index in [1.165, 1.54) is 51.4 Å². The average molecular weight is 359 g/mol. The summed E-state index contributed by atoms with van der Waals surface area (Å²) in [5.74, 6) is 6.80. The molecule has 0 amide bonds. The summed E-state index contributed by atoms with van der Waals surface area (Å²) < 4.78 is 5.94. The first-order valence-corrected chi connectivity index (χ1v) is 11.8. The van der Waals surface area contributed by atoms with E-state index >= 15 is 0 Å². The number of hydrogen-bond donors (Lipinski definition) is 1. The van der Waals surface area contributed by atoms with Crippen LogP contribution in [-0.2, 0) is 4.74 Å². The molecule has 0 aromatic heterocycles. The summed E-state index contributed by atoms with van der Waals surface area (Å²) in [5, 5.41) is 11.1. The van der Waals surface area contributed by atoms with Crippen molar-refractivity contribution in [3.05, 3.63) is 0 Å². The van der Waals surface area contributed by atoms with Gasteiger partial charge in [-0.3, -0.25) is 0 Å². The molecule has 6 fully saturated rings. The number of aliphatic hydroxyl groups is 1. The number of epoxide rings is 1. The Kier molecular flexibility index (Phi) is 3.30. The first-order chi connectivity index (χ1) is 12.4. The Bertz CT molecular complexity index is 611. The topological polar surface area (TPSA) is 32.8 Å². The van der Waals surface area contributed by atoms with Gasteiger partial charge in [0.2, 0.25) is 0 Å². The van der Waals surface area contributed by atoms with E-state index in [0.717, 1.165) is 48.5 Å². The van der Waals surface area contributed by atoms with E-state index in [-0.39, 0.29) is 11.2 Å². The second-order valence-corrected chi connectivity index (χ2v) is 11.7. The lowest BCUT2D eigenvalue weighted by atomic mass is 9.49. The van der Waals surface area contributed by atoms with Gasteiger partial charge in [0.1, 0.15) is 0 Å². The maximum atomic E-state index is 11.1. The highest BCUT2D eigenvalue weighted by molar-refractivity contribution is 5.20. The summed E-state index contributed by atoms with van der Waals surface area (Å²) in [6.45, 7) is 8.33. The molecule has 1 aliphatic heterocycles. The molecule has 146 valence electrons. The minimum Gasteiger partial charge on any atom is -0.389 e. The molecule has 2 heteroatoms. The van der Waals surface area contributed by atoms with Gasteiger partial charge in [0.25, 0.3) is 0 Å². The van der Waals surface area contributed by atoms with Crippen LogP contribution in [0, 0.1) is 52.8 Å². The fourth-order valence-electron chi connectivity index (χ4n) is 9.93.